The molecular formula is C23H23F2N3O3. The molecule has 1 aromatic heterocycles. The quantitative estimate of drug-likeness (QED) is 0.475. The number of nitrogens with zero attached hydrogens (tertiary/aromatic N) is 2. The van der Waals surface area contributed by atoms with E-state index >= 15 is 0 Å². The summed E-state index contributed by atoms with van der Waals surface area (Å²) in [6.07, 6.45) is 6.98. The molecule has 0 aliphatic carbocycles. The normalized spacial score (nSPS) is 13.7. The molecule has 3 aromatic rings. The van der Waals surface area contributed by atoms with Crippen molar-refractivity contribution in [2.75, 3.05) is 0 Å². The van der Waals surface area contributed by atoms with Crippen LogP contribution in [0.15, 0.2) is 73.3 Å². The Kier molecular flexibility index (Phi) is 7.64. The molecule has 1 heterocycles. The van der Waals surface area contributed by atoms with E-state index in [4.69, 9.17) is 11.0 Å². The van der Waals surface area contributed by atoms with Crippen LogP contribution in [0.5, 0.6) is 0 Å². The number of aliphatic carboxylic acids is 1. The van der Waals surface area contributed by atoms with Gasteiger partial charge in [0, 0.05) is 12.4 Å². The summed E-state index contributed by atoms with van der Waals surface area (Å²) in [5.41, 5.74) is 2.54. The summed E-state index contributed by atoms with van der Waals surface area (Å²) in [4.78, 5) is 19.9. The molecule has 162 valence electrons. The largest absolute Gasteiger partial charge is 0.479 e. The Labute approximate surface area is 178 Å². The van der Waals surface area contributed by atoms with E-state index in [2.05, 4.69) is 9.82 Å². The molecule has 2 aromatic carbocycles. The summed E-state index contributed by atoms with van der Waals surface area (Å²) in [5, 5.41) is 9.15. The smallest absolute Gasteiger partial charge is 0.334 e. The minimum absolute atomic E-state index is 0.170. The van der Waals surface area contributed by atoms with Crippen LogP contribution < -0.4 is 5.90 Å². The third-order valence-electron chi connectivity index (χ3n) is 5.00. The monoisotopic (exact) mass is 427 g/mol. The number of carboxylic acid groups (broad SMARTS) is 1. The molecule has 0 aliphatic rings. The van der Waals surface area contributed by atoms with Crippen molar-refractivity contribution >= 4 is 11.5 Å². The number of halogens is 2. The van der Waals surface area contributed by atoms with E-state index in [1.807, 2.05) is 16.8 Å². The van der Waals surface area contributed by atoms with Gasteiger partial charge < -0.3 is 9.67 Å². The first-order chi connectivity index (χ1) is 15.0. The molecule has 0 saturated heterocycles. The van der Waals surface area contributed by atoms with Gasteiger partial charge in [-0.15, -0.1) is 0 Å². The number of benzene rings is 2. The molecule has 3 rings (SSSR count). The van der Waals surface area contributed by atoms with E-state index in [9.17, 15) is 13.6 Å². The van der Waals surface area contributed by atoms with Crippen LogP contribution in [0.25, 0.3) is 5.57 Å². The Morgan fingerprint density at radius 2 is 1.77 bits per heavy atom. The molecule has 0 bridgehead atoms. The van der Waals surface area contributed by atoms with E-state index in [1.54, 1.807) is 36.8 Å². The van der Waals surface area contributed by atoms with Gasteiger partial charge in [-0.25, -0.2) is 24.5 Å². The van der Waals surface area contributed by atoms with Crippen molar-refractivity contribution in [3.8, 4) is 0 Å². The lowest BCUT2D eigenvalue weighted by Gasteiger charge is -2.23. The van der Waals surface area contributed by atoms with Crippen LogP contribution >= 0.6 is 0 Å². The summed E-state index contributed by atoms with van der Waals surface area (Å²) in [6.45, 7) is 0. The fourth-order valence-corrected chi connectivity index (χ4v) is 3.40. The molecule has 8 heteroatoms. The first-order valence-electron chi connectivity index (χ1n) is 9.74. The number of carbonyl (C=O) groups is 1. The third kappa shape index (κ3) is 6.07. The second-order valence-electron chi connectivity index (χ2n) is 7.06. The Hall–Kier alpha value is -3.36. The lowest BCUT2D eigenvalue weighted by molar-refractivity contribution is -0.151. The maximum absolute atomic E-state index is 13.5. The molecule has 0 aliphatic heterocycles. The van der Waals surface area contributed by atoms with Gasteiger partial charge in [0.15, 0.2) is 6.10 Å². The predicted octanol–water partition coefficient (Wildman–Crippen LogP) is 4.15. The lowest BCUT2D eigenvalue weighted by atomic mass is 9.91. The number of imidazole rings is 1. The number of carboxylic acids is 1. The second kappa shape index (κ2) is 10.6. The maximum Gasteiger partial charge on any atom is 0.334 e. The molecule has 0 amide bonds. The van der Waals surface area contributed by atoms with Gasteiger partial charge in [-0.05, 0) is 60.2 Å². The van der Waals surface area contributed by atoms with Gasteiger partial charge in [0.2, 0.25) is 0 Å². The van der Waals surface area contributed by atoms with Gasteiger partial charge in [0.1, 0.15) is 11.6 Å². The van der Waals surface area contributed by atoms with Gasteiger partial charge in [0.25, 0.3) is 0 Å². The molecule has 6 nitrogen and oxygen atoms in total. The van der Waals surface area contributed by atoms with Crippen LogP contribution in [0.1, 0.15) is 30.0 Å². The highest BCUT2D eigenvalue weighted by Crippen LogP contribution is 2.32. The van der Waals surface area contributed by atoms with Crippen LogP contribution in [0.2, 0.25) is 0 Å². The summed E-state index contributed by atoms with van der Waals surface area (Å²) in [7, 11) is 0. The van der Waals surface area contributed by atoms with Crippen molar-refractivity contribution in [1.29, 1.82) is 0 Å². The fourth-order valence-electron chi connectivity index (χ4n) is 3.40. The number of allylic oxidation sites excluding steroid dienone is 2. The van der Waals surface area contributed by atoms with Crippen LogP contribution in [-0.4, -0.2) is 26.7 Å². The van der Waals surface area contributed by atoms with Gasteiger partial charge >= 0.3 is 5.97 Å². The number of aromatic nitrogens is 2. The molecular weight excluding hydrogens is 404 g/mol. The highest BCUT2D eigenvalue weighted by atomic mass is 19.1. The van der Waals surface area contributed by atoms with Crippen molar-refractivity contribution < 1.29 is 23.5 Å². The van der Waals surface area contributed by atoms with E-state index < -0.39 is 12.1 Å². The highest BCUT2D eigenvalue weighted by Gasteiger charge is 2.20. The van der Waals surface area contributed by atoms with Crippen molar-refractivity contribution in [3.63, 3.8) is 0 Å². The Morgan fingerprint density at radius 3 is 2.32 bits per heavy atom. The number of rotatable bonds is 10. The summed E-state index contributed by atoms with van der Waals surface area (Å²) < 4.78 is 28.8. The SMILES string of the molecule is NOC(CC/C=C(\c1ccc(F)cc1)C(Cc1ccc(F)cc1)n1ccnc1)C(=O)O. The average molecular weight is 427 g/mol. The predicted molar refractivity (Wildman–Crippen MR) is 112 cm³/mol. The standard InChI is InChI=1S/C23H23F2N3O3/c24-18-8-4-16(5-9-18)14-21(28-13-12-27-15-28)20(17-6-10-19(25)11-7-17)2-1-3-22(31-26)23(29)30/h2,4-13,15,21-22H,1,3,14,26H2,(H,29,30)/b20-2+. The Balaban J connectivity index is 1.97. The Bertz CT molecular complexity index is 1000. The summed E-state index contributed by atoms with van der Waals surface area (Å²) in [6, 6.07) is 12.1. The van der Waals surface area contributed by atoms with Crippen molar-refractivity contribution in [2.24, 2.45) is 5.90 Å². The number of nitrogens with two attached hydrogens (primary N) is 1. The average Bonchev–Trinajstić information content (AvgIpc) is 3.29. The molecule has 0 spiro atoms. The van der Waals surface area contributed by atoms with Crippen LogP contribution in [0, 0.1) is 11.6 Å². The molecule has 2 unspecified atom stereocenters. The molecule has 0 saturated carbocycles. The van der Waals surface area contributed by atoms with E-state index in [1.165, 1.54) is 24.3 Å². The first-order valence-corrected chi connectivity index (χ1v) is 9.74. The molecule has 0 fully saturated rings. The number of hydrogen-bond acceptors (Lipinski definition) is 4. The van der Waals surface area contributed by atoms with E-state index in [0.717, 1.165) is 16.7 Å². The van der Waals surface area contributed by atoms with Gasteiger partial charge in [0.05, 0.1) is 12.4 Å². The molecule has 31 heavy (non-hydrogen) atoms. The molecule has 2 atom stereocenters. The molecule has 3 N–H and O–H groups in total. The zero-order valence-electron chi connectivity index (χ0n) is 16.7. The lowest BCUT2D eigenvalue weighted by Crippen LogP contribution is -2.26. The topological polar surface area (TPSA) is 90.4 Å². The fraction of sp³-hybridized carbons (Fsp3) is 0.217. The zero-order valence-corrected chi connectivity index (χ0v) is 16.7. The minimum atomic E-state index is -1.14. The first kappa shape index (κ1) is 22.3. The summed E-state index contributed by atoms with van der Waals surface area (Å²) in [5.74, 6) is 3.26. The van der Waals surface area contributed by atoms with Crippen LogP contribution in [0.3, 0.4) is 0 Å². The zero-order chi connectivity index (χ0) is 22.2. The minimum Gasteiger partial charge on any atom is -0.479 e. The highest BCUT2D eigenvalue weighted by molar-refractivity contribution is 5.72. The van der Waals surface area contributed by atoms with Gasteiger partial charge in [-0.1, -0.05) is 30.3 Å². The maximum atomic E-state index is 13.5. The van der Waals surface area contributed by atoms with Crippen molar-refractivity contribution in [2.45, 2.75) is 31.4 Å². The summed E-state index contributed by atoms with van der Waals surface area (Å²) >= 11 is 0. The van der Waals surface area contributed by atoms with Crippen LogP contribution in [0.4, 0.5) is 8.78 Å². The molecule has 0 radical (unpaired) electrons. The van der Waals surface area contributed by atoms with E-state index in [-0.39, 0.29) is 24.1 Å². The van der Waals surface area contributed by atoms with Crippen molar-refractivity contribution in [3.05, 3.63) is 96.1 Å². The van der Waals surface area contributed by atoms with Gasteiger partial charge in [-0.2, -0.15) is 0 Å². The number of hydrogen-bond donors (Lipinski definition) is 2. The van der Waals surface area contributed by atoms with Gasteiger partial charge in [-0.3, -0.25) is 4.84 Å². The third-order valence-corrected chi connectivity index (χ3v) is 5.00. The van der Waals surface area contributed by atoms with Crippen molar-refractivity contribution in [1.82, 2.24) is 9.55 Å². The second-order valence-corrected chi connectivity index (χ2v) is 7.06. The van der Waals surface area contributed by atoms with E-state index in [0.29, 0.717) is 12.8 Å². The van der Waals surface area contributed by atoms with Crippen LogP contribution in [-0.2, 0) is 16.1 Å². The Morgan fingerprint density at radius 1 is 1.13 bits per heavy atom.